The Hall–Kier alpha value is -2.32. The van der Waals surface area contributed by atoms with Crippen molar-refractivity contribution in [3.63, 3.8) is 0 Å². The molecule has 0 bridgehead atoms. The number of nitrogens with one attached hydrogen (secondary N) is 2. The van der Waals surface area contributed by atoms with E-state index in [0.29, 0.717) is 26.1 Å². The summed E-state index contributed by atoms with van der Waals surface area (Å²) in [5.74, 6) is -0.288. The minimum Gasteiger partial charge on any atom is -0.381 e. The third kappa shape index (κ3) is 3.42. The molecule has 7 nitrogen and oxygen atoms in total. The van der Waals surface area contributed by atoms with E-state index in [2.05, 4.69) is 10.6 Å². The number of hydrogen-bond acceptors (Lipinski definition) is 5. The number of urea groups is 1. The quantitative estimate of drug-likeness (QED) is 0.779. The lowest BCUT2D eigenvalue weighted by molar-refractivity contribution is -0.132. The van der Waals surface area contributed by atoms with Gasteiger partial charge in [0, 0.05) is 26.3 Å². The Bertz CT molecular complexity index is 792. The Morgan fingerprint density at radius 1 is 1.25 bits per heavy atom. The molecule has 0 spiro atoms. The molecular formula is C20H23N3O4S. The second kappa shape index (κ2) is 7.97. The van der Waals surface area contributed by atoms with Crippen LogP contribution in [0.5, 0.6) is 0 Å². The molecule has 2 atom stereocenters. The van der Waals surface area contributed by atoms with Crippen molar-refractivity contribution in [1.29, 1.82) is 0 Å². The zero-order chi connectivity index (χ0) is 19.6. The van der Waals surface area contributed by atoms with Crippen LogP contribution in [0.4, 0.5) is 4.79 Å². The van der Waals surface area contributed by atoms with Gasteiger partial charge in [0.2, 0.25) is 11.8 Å². The third-order valence-electron chi connectivity index (χ3n) is 5.61. The molecule has 3 aliphatic heterocycles. The van der Waals surface area contributed by atoms with Gasteiger partial charge in [-0.1, -0.05) is 36.4 Å². The largest absolute Gasteiger partial charge is 0.381 e. The predicted molar refractivity (Wildman–Crippen MR) is 106 cm³/mol. The summed E-state index contributed by atoms with van der Waals surface area (Å²) in [6.07, 6.45) is 3.05. The lowest BCUT2D eigenvalue weighted by atomic mass is 9.73. The van der Waals surface area contributed by atoms with Crippen LogP contribution in [0.2, 0.25) is 0 Å². The van der Waals surface area contributed by atoms with Gasteiger partial charge in [0.1, 0.15) is 5.25 Å². The maximum absolute atomic E-state index is 13.1. The van der Waals surface area contributed by atoms with E-state index in [1.165, 1.54) is 16.7 Å². The molecule has 3 heterocycles. The van der Waals surface area contributed by atoms with Crippen LogP contribution < -0.4 is 10.6 Å². The molecule has 3 aliphatic rings. The zero-order valence-electron chi connectivity index (χ0n) is 15.4. The predicted octanol–water partition coefficient (Wildman–Crippen LogP) is 1.40. The van der Waals surface area contributed by atoms with Crippen LogP contribution in [0.3, 0.4) is 0 Å². The van der Waals surface area contributed by atoms with Gasteiger partial charge in [0.25, 0.3) is 0 Å². The molecule has 0 radical (unpaired) electrons. The number of carbonyl (C=O) groups excluding carboxylic acids is 3. The molecule has 0 aromatic heterocycles. The number of rotatable bonds is 5. The van der Waals surface area contributed by atoms with Crippen molar-refractivity contribution in [2.45, 2.75) is 29.5 Å². The molecule has 2 fully saturated rings. The van der Waals surface area contributed by atoms with Gasteiger partial charge in [-0.05, 0) is 23.8 Å². The first-order valence-corrected chi connectivity index (χ1v) is 10.4. The van der Waals surface area contributed by atoms with Gasteiger partial charge < -0.3 is 15.4 Å². The van der Waals surface area contributed by atoms with Crippen molar-refractivity contribution in [2.75, 3.05) is 26.3 Å². The Labute approximate surface area is 167 Å². The molecular weight excluding hydrogens is 378 g/mol. The average molecular weight is 401 g/mol. The molecule has 28 heavy (non-hydrogen) atoms. The van der Waals surface area contributed by atoms with Crippen LogP contribution in [0, 0.1) is 0 Å². The van der Waals surface area contributed by atoms with Crippen molar-refractivity contribution < 1.29 is 19.1 Å². The van der Waals surface area contributed by atoms with Crippen molar-refractivity contribution in [2.24, 2.45) is 0 Å². The van der Waals surface area contributed by atoms with Gasteiger partial charge in [-0.2, -0.15) is 0 Å². The molecule has 0 aliphatic carbocycles. The van der Waals surface area contributed by atoms with E-state index < -0.39 is 11.4 Å². The van der Waals surface area contributed by atoms with Crippen molar-refractivity contribution in [1.82, 2.24) is 15.5 Å². The molecule has 1 aromatic carbocycles. The van der Waals surface area contributed by atoms with E-state index in [9.17, 15) is 14.4 Å². The standard InChI is InChI=1S/C20H23N3O4S/c24-17-16-15(6-13-28-16)22-19(26)23(17)10-9-21-18(25)20(7-11-27-12-8-20)14-4-2-1-3-5-14/h1-6,13,15-16H,7-12H2,(H,21,25)(H,22,26). The summed E-state index contributed by atoms with van der Waals surface area (Å²) in [4.78, 5) is 39.1. The highest BCUT2D eigenvalue weighted by Crippen LogP contribution is 2.35. The first-order chi connectivity index (χ1) is 13.6. The van der Waals surface area contributed by atoms with E-state index in [4.69, 9.17) is 4.74 Å². The van der Waals surface area contributed by atoms with E-state index in [0.717, 1.165) is 5.56 Å². The smallest absolute Gasteiger partial charge is 0.324 e. The average Bonchev–Trinajstić information content (AvgIpc) is 3.20. The van der Waals surface area contributed by atoms with Crippen LogP contribution >= 0.6 is 11.8 Å². The number of hydrogen-bond donors (Lipinski definition) is 2. The maximum atomic E-state index is 13.1. The first-order valence-electron chi connectivity index (χ1n) is 9.47. The summed E-state index contributed by atoms with van der Waals surface area (Å²) < 4.78 is 5.47. The van der Waals surface area contributed by atoms with Gasteiger partial charge in [-0.25, -0.2) is 4.79 Å². The second-order valence-corrected chi connectivity index (χ2v) is 8.22. The Balaban J connectivity index is 1.40. The molecule has 1 aromatic rings. The highest BCUT2D eigenvalue weighted by molar-refractivity contribution is 8.03. The number of carbonyl (C=O) groups is 3. The molecule has 4 rings (SSSR count). The molecule has 0 saturated carbocycles. The highest BCUT2D eigenvalue weighted by Gasteiger charge is 2.43. The Morgan fingerprint density at radius 2 is 2.00 bits per heavy atom. The minimum atomic E-state index is -0.635. The summed E-state index contributed by atoms with van der Waals surface area (Å²) in [6.45, 7) is 1.44. The van der Waals surface area contributed by atoms with Crippen LogP contribution in [0.15, 0.2) is 41.8 Å². The zero-order valence-corrected chi connectivity index (χ0v) is 16.2. The number of fused-ring (bicyclic) bond motifs is 1. The monoisotopic (exact) mass is 401 g/mol. The fourth-order valence-electron chi connectivity index (χ4n) is 4.00. The summed E-state index contributed by atoms with van der Waals surface area (Å²) in [7, 11) is 0. The number of imide groups is 1. The van der Waals surface area contributed by atoms with Crippen LogP contribution in [-0.4, -0.2) is 60.3 Å². The summed E-state index contributed by atoms with van der Waals surface area (Å²) in [6, 6.07) is 9.09. The molecule has 2 saturated heterocycles. The highest BCUT2D eigenvalue weighted by atomic mass is 32.2. The number of amides is 4. The lowest BCUT2D eigenvalue weighted by Gasteiger charge is -2.37. The first kappa shape index (κ1) is 19.0. The fourth-order valence-corrected chi connectivity index (χ4v) is 5.00. The lowest BCUT2D eigenvalue weighted by Crippen LogP contribution is -2.61. The molecule has 8 heteroatoms. The molecule has 4 amide bonds. The SMILES string of the molecule is O=C1NC2C=CSC2C(=O)N1CCNC(=O)C1(c2ccccc2)CCOCC1. The number of ether oxygens (including phenoxy) is 1. The number of benzene rings is 1. The van der Waals surface area contributed by atoms with Crippen LogP contribution in [0.1, 0.15) is 18.4 Å². The summed E-state index contributed by atoms with van der Waals surface area (Å²) in [5.41, 5.74) is 0.336. The number of nitrogens with zero attached hydrogens (tertiary/aromatic N) is 1. The topological polar surface area (TPSA) is 87.7 Å². The van der Waals surface area contributed by atoms with Gasteiger partial charge in [0.05, 0.1) is 11.5 Å². The normalized spacial score (nSPS) is 25.9. The minimum absolute atomic E-state index is 0.0818. The Morgan fingerprint density at radius 3 is 2.75 bits per heavy atom. The van der Waals surface area contributed by atoms with Gasteiger partial charge in [0.15, 0.2) is 0 Å². The van der Waals surface area contributed by atoms with E-state index in [-0.39, 0.29) is 36.2 Å². The van der Waals surface area contributed by atoms with Crippen LogP contribution in [-0.2, 0) is 19.7 Å². The van der Waals surface area contributed by atoms with Gasteiger partial charge in [-0.15, -0.1) is 11.8 Å². The van der Waals surface area contributed by atoms with Crippen molar-refractivity contribution in [3.8, 4) is 0 Å². The van der Waals surface area contributed by atoms with Gasteiger partial charge >= 0.3 is 6.03 Å². The molecule has 2 N–H and O–H groups in total. The van der Waals surface area contributed by atoms with Gasteiger partial charge in [-0.3, -0.25) is 14.5 Å². The molecule has 2 unspecified atom stereocenters. The Kier molecular flexibility index (Phi) is 5.41. The fraction of sp³-hybridized carbons (Fsp3) is 0.450. The third-order valence-corrected chi connectivity index (χ3v) is 6.71. The second-order valence-electron chi connectivity index (χ2n) is 7.17. The van der Waals surface area contributed by atoms with Crippen LogP contribution in [0.25, 0.3) is 0 Å². The number of thioether (sulfide) groups is 1. The van der Waals surface area contributed by atoms with E-state index >= 15 is 0 Å². The van der Waals surface area contributed by atoms with E-state index in [1.807, 2.05) is 41.8 Å². The van der Waals surface area contributed by atoms with E-state index in [1.54, 1.807) is 0 Å². The maximum Gasteiger partial charge on any atom is 0.324 e. The van der Waals surface area contributed by atoms with Crippen molar-refractivity contribution >= 4 is 29.6 Å². The summed E-state index contributed by atoms with van der Waals surface area (Å²) >= 11 is 1.41. The molecule has 148 valence electrons. The van der Waals surface area contributed by atoms with Crippen molar-refractivity contribution in [3.05, 3.63) is 47.4 Å². The summed E-state index contributed by atoms with van der Waals surface area (Å²) in [5, 5.41) is 7.31.